The largest absolute Gasteiger partial charge is 0.493 e. The molecule has 0 heterocycles. The number of hydrogen-bond donors (Lipinski definition) is 1. The van der Waals surface area contributed by atoms with Crippen molar-refractivity contribution in [2.75, 3.05) is 20.3 Å². The molecule has 3 nitrogen and oxygen atoms in total. The highest BCUT2D eigenvalue weighted by molar-refractivity contribution is 5.43. The molecule has 1 aliphatic rings. The first kappa shape index (κ1) is 12.2. The van der Waals surface area contributed by atoms with Crippen molar-refractivity contribution in [1.29, 1.82) is 0 Å². The maximum atomic E-state index is 5.81. The van der Waals surface area contributed by atoms with E-state index in [1.54, 1.807) is 7.11 Å². The van der Waals surface area contributed by atoms with E-state index in [0.717, 1.165) is 30.4 Å². The van der Waals surface area contributed by atoms with Gasteiger partial charge >= 0.3 is 0 Å². The van der Waals surface area contributed by atoms with E-state index < -0.39 is 0 Å². The second kappa shape index (κ2) is 5.92. The maximum absolute atomic E-state index is 5.81. The fourth-order valence-corrected chi connectivity index (χ4v) is 2.02. The molecule has 0 bridgehead atoms. The summed E-state index contributed by atoms with van der Waals surface area (Å²) in [4.78, 5) is 0. The smallest absolute Gasteiger partial charge is 0.161 e. The summed E-state index contributed by atoms with van der Waals surface area (Å²) in [5, 5.41) is 0. The van der Waals surface area contributed by atoms with Crippen molar-refractivity contribution in [2.24, 2.45) is 11.7 Å². The van der Waals surface area contributed by atoms with Gasteiger partial charge in [0.15, 0.2) is 11.5 Å². The zero-order valence-electron chi connectivity index (χ0n) is 10.4. The van der Waals surface area contributed by atoms with Crippen LogP contribution in [0.15, 0.2) is 18.2 Å². The molecule has 0 atom stereocenters. The van der Waals surface area contributed by atoms with Gasteiger partial charge in [-0.1, -0.05) is 12.5 Å². The quantitative estimate of drug-likeness (QED) is 0.823. The Morgan fingerprint density at radius 1 is 1.29 bits per heavy atom. The summed E-state index contributed by atoms with van der Waals surface area (Å²) < 4.78 is 11.2. The molecule has 0 spiro atoms. The van der Waals surface area contributed by atoms with Crippen LogP contribution in [0, 0.1) is 5.92 Å². The van der Waals surface area contributed by atoms with Gasteiger partial charge in [-0.3, -0.25) is 0 Å². The molecule has 1 aliphatic carbocycles. The van der Waals surface area contributed by atoms with Crippen molar-refractivity contribution in [3.63, 3.8) is 0 Å². The van der Waals surface area contributed by atoms with Crippen LogP contribution >= 0.6 is 0 Å². The van der Waals surface area contributed by atoms with Crippen molar-refractivity contribution >= 4 is 0 Å². The van der Waals surface area contributed by atoms with Gasteiger partial charge in [-0.05, 0) is 49.4 Å². The van der Waals surface area contributed by atoms with E-state index in [-0.39, 0.29) is 0 Å². The summed E-state index contributed by atoms with van der Waals surface area (Å²) in [6, 6.07) is 6.07. The van der Waals surface area contributed by atoms with Crippen LogP contribution in [-0.2, 0) is 6.42 Å². The van der Waals surface area contributed by atoms with E-state index in [2.05, 4.69) is 6.07 Å². The Balaban J connectivity index is 1.99. The van der Waals surface area contributed by atoms with Crippen LogP contribution in [0.2, 0.25) is 0 Å². The minimum Gasteiger partial charge on any atom is -0.493 e. The van der Waals surface area contributed by atoms with Crippen LogP contribution in [-0.4, -0.2) is 20.3 Å². The van der Waals surface area contributed by atoms with Gasteiger partial charge in [-0.2, -0.15) is 0 Å². The average Bonchev–Trinajstić information content (AvgIpc) is 2.29. The second-order valence-electron chi connectivity index (χ2n) is 4.63. The number of methoxy groups -OCH3 is 1. The molecule has 0 aromatic heterocycles. The number of ether oxygens (including phenoxy) is 2. The van der Waals surface area contributed by atoms with E-state index in [9.17, 15) is 0 Å². The topological polar surface area (TPSA) is 44.5 Å². The molecule has 2 N–H and O–H groups in total. The lowest BCUT2D eigenvalue weighted by Crippen LogP contribution is -2.19. The van der Waals surface area contributed by atoms with Crippen molar-refractivity contribution in [3.05, 3.63) is 23.8 Å². The third-order valence-electron chi connectivity index (χ3n) is 3.36. The lowest BCUT2D eigenvalue weighted by atomic mass is 9.86. The second-order valence-corrected chi connectivity index (χ2v) is 4.63. The Labute approximate surface area is 103 Å². The lowest BCUT2D eigenvalue weighted by molar-refractivity contribution is 0.176. The molecule has 17 heavy (non-hydrogen) atoms. The molecular weight excluding hydrogens is 214 g/mol. The summed E-state index contributed by atoms with van der Waals surface area (Å²) in [7, 11) is 1.68. The van der Waals surface area contributed by atoms with Crippen LogP contribution in [0.4, 0.5) is 0 Å². The SMILES string of the molecule is COc1cc(CCN)ccc1OCC1CCC1. The monoisotopic (exact) mass is 235 g/mol. The van der Waals surface area contributed by atoms with E-state index in [0.29, 0.717) is 6.54 Å². The summed E-state index contributed by atoms with van der Waals surface area (Å²) in [6.45, 7) is 1.47. The fourth-order valence-electron chi connectivity index (χ4n) is 2.02. The van der Waals surface area contributed by atoms with Gasteiger partial charge in [0.05, 0.1) is 13.7 Å². The minimum absolute atomic E-state index is 0.658. The van der Waals surface area contributed by atoms with Crippen molar-refractivity contribution in [2.45, 2.75) is 25.7 Å². The van der Waals surface area contributed by atoms with Gasteiger partial charge < -0.3 is 15.2 Å². The molecule has 94 valence electrons. The van der Waals surface area contributed by atoms with Crippen LogP contribution in [0.5, 0.6) is 11.5 Å². The van der Waals surface area contributed by atoms with Gasteiger partial charge in [0.25, 0.3) is 0 Å². The van der Waals surface area contributed by atoms with Gasteiger partial charge in [-0.25, -0.2) is 0 Å². The molecule has 0 aliphatic heterocycles. The Morgan fingerprint density at radius 2 is 2.12 bits per heavy atom. The van der Waals surface area contributed by atoms with E-state index in [4.69, 9.17) is 15.2 Å². The molecule has 1 fully saturated rings. The molecule has 1 aromatic carbocycles. The third-order valence-corrected chi connectivity index (χ3v) is 3.36. The predicted octanol–water partition coefficient (Wildman–Crippen LogP) is 2.38. The third kappa shape index (κ3) is 3.13. The van der Waals surface area contributed by atoms with E-state index in [1.807, 2.05) is 12.1 Å². The lowest BCUT2D eigenvalue weighted by Gasteiger charge is -2.25. The Bertz CT molecular complexity index is 361. The molecule has 1 saturated carbocycles. The Hall–Kier alpha value is -1.22. The first-order valence-corrected chi connectivity index (χ1v) is 6.33. The van der Waals surface area contributed by atoms with Crippen LogP contribution in [0.25, 0.3) is 0 Å². The van der Waals surface area contributed by atoms with Gasteiger partial charge in [0.2, 0.25) is 0 Å². The van der Waals surface area contributed by atoms with Crippen LogP contribution < -0.4 is 15.2 Å². The normalized spacial score (nSPS) is 15.4. The number of hydrogen-bond acceptors (Lipinski definition) is 3. The molecule has 0 unspecified atom stereocenters. The van der Waals surface area contributed by atoms with Gasteiger partial charge in [0.1, 0.15) is 0 Å². The minimum atomic E-state index is 0.658. The molecule has 2 rings (SSSR count). The first-order chi connectivity index (χ1) is 8.33. The molecular formula is C14H21NO2. The summed E-state index contributed by atoms with van der Waals surface area (Å²) >= 11 is 0. The average molecular weight is 235 g/mol. The van der Waals surface area contributed by atoms with Crippen molar-refractivity contribution in [3.8, 4) is 11.5 Å². The Morgan fingerprint density at radius 3 is 2.71 bits per heavy atom. The number of nitrogens with two attached hydrogens (primary N) is 1. The highest BCUT2D eigenvalue weighted by atomic mass is 16.5. The van der Waals surface area contributed by atoms with Gasteiger partial charge in [0, 0.05) is 0 Å². The predicted molar refractivity (Wildman–Crippen MR) is 68.6 cm³/mol. The first-order valence-electron chi connectivity index (χ1n) is 6.33. The maximum Gasteiger partial charge on any atom is 0.161 e. The highest BCUT2D eigenvalue weighted by Gasteiger charge is 2.18. The standard InChI is InChI=1S/C14H21NO2/c1-16-14-9-11(7-8-15)5-6-13(14)17-10-12-3-2-4-12/h5-6,9,12H,2-4,7-8,10,15H2,1H3. The number of rotatable bonds is 6. The number of benzene rings is 1. The zero-order chi connectivity index (χ0) is 12.1. The molecule has 0 saturated heterocycles. The van der Waals surface area contributed by atoms with Crippen molar-refractivity contribution < 1.29 is 9.47 Å². The van der Waals surface area contributed by atoms with Crippen molar-refractivity contribution in [1.82, 2.24) is 0 Å². The van der Waals surface area contributed by atoms with E-state index >= 15 is 0 Å². The zero-order valence-corrected chi connectivity index (χ0v) is 10.4. The molecule has 0 amide bonds. The van der Waals surface area contributed by atoms with Crippen LogP contribution in [0.3, 0.4) is 0 Å². The Kier molecular flexibility index (Phi) is 4.26. The summed E-state index contributed by atoms with van der Waals surface area (Å²) in [6.07, 6.45) is 4.82. The molecule has 0 radical (unpaired) electrons. The summed E-state index contributed by atoms with van der Waals surface area (Å²) in [5.74, 6) is 2.40. The molecule has 3 heteroatoms. The van der Waals surface area contributed by atoms with Crippen LogP contribution in [0.1, 0.15) is 24.8 Å². The fraction of sp³-hybridized carbons (Fsp3) is 0.571. The summed E-state index contributed by atoms with van der Waals surface area (Å²) in [5.41, 5.74) is 6.74. The van der Waals surface area contributed by atoms with Gasteiger partial charge in [-0.15, -0.1) is 0 Å². The highest BCUT2D eigenvalue weighted by Crippen LogP contribution is 2.31. The molecule has 1 aromatic rings. The van der Waals surface area contributed by atoms with E-state index in [1.165, 1.54) is 24.8 Å².